The maximum absolute atomic E-state index is 6.61. The molecule has 0 saturated carbocycles. The molecule has 0 spiro atoms. The molecule has 0 atom stereocenters. The van der Waals surface area contributed by atoms with Gasteiger partial charge in [0.2, 0.25) is 0 Å². The van der Waals surface area contributed by atoms with Gasteiger partial charge in [0.1, 0.15) is 11.2 Å². The number of hydrogen-bond acceptors (Lipinski definition) is 4. The Balaban J connectivity index is 1.27. The van der Waals surface area contributed by atoms with E-state index in [0.29, 0.717) is 17.5 Å². The van der Waals surface area contributed by atoms with Crippen LogP contribution in [0.2, 0.25) is 0 Å². The zero-order chi connectivity index (χ0) is 35.3. The van der Waals surface area contributed by atoms with E-state index in [0.717, 1.165) is 55.3 Å². The minimum absolute atomic E-state index is 0.593. The first-order valence-corrected chi connectivity index (χ1v) is 18.2. The highest BCUT2D eigenvalue weighted by atomic mass is 16.3. The minimum Gasteiger partial charge on any atom is -0.456 e. The van der Waals surface area contributed by atoms with Gasteiger partial charge < -0.3 is 8.98 Å². The summed E-state index contributed by atoms with van der Waals surface area (Å²) in [6.45, 7) is 0. The lowest BCUT2D eigenvalue weighted by molar-refractivity contribution is 0.668. The van der Waals surface area contributed by atoms with Crippen molar-refractivity contribution in [3.05, 3.63) is 170 Å². The van der Waals surface area contributed by atoms with E-state index in [1.807, 2.05) is 48.5 Å². The molecule has 9 aromatic carbocycles. The first kappa shape index (κ1) is 29.2. The quantitative estimate of drug-likeness (QED) is 0.173. The highest BCUT2D eigenvalue weighted by Crippen LogP contribution is 2.48. The predicted octanol–water partition coefficient (Wildman–Crippen LogP) is 12.8. The zero-order valence-corrected chi connectivity index (χ0v) is 28.9. The average Bonchev–Trinajstić information content (AvgIpc) is 3.78. The second kappa shape index (κ2) is 11.1. The third kappa shape index (κ3) is 4.12. The van der Waals surface area contributed by atoms with Gasteiger partial charge in [-0.1, -0.05) is 140 Å². The van der Waals surface area contributed by atoms with Gasteiger partial charge in [-0.25, -0.2) is 15.0 Å². The number of fused-ring (bicyclic) bond motifs is 8. The average molecular weight is 689 g/mol. The van der Waals surface area contributed by atoms with E-state index in [1.165, 1.54) is 43.1 Å². The van der Waals surface area contributed by atoms with E-state index in [2.05, 4.69) is 126 Å². The summed E-state index contributed by atoms with van der Waals surface area (Å²) in [5.74, 6) is 1.83. The molecule has 54 heavy (non-hydrogen) atoms. The molecule has 0 bridgehead atoms. The van der Waals surface area contributed by atoms with Crippen LogP contribution < -0.4 is 0 Å². The molecule has 0 N–H and O–H groups in total. The standard InChI is InChI=1S/C49H28N4O/c1-3-14-29(15-4-1)47-50-48(30-16-5-2-6-17-30)52-49(51-47)38-27-37-34-21-11-12-25-42(34)54-43(37)28-40(38)53-39-24-13-23-36-33-20-9-10-22-35(33)44-32-19-8-7-18-31(32)26-41(53)46(44)45(36)39/h1-28H. The molecular formula is C49H28N4O. The van der Waals surface area contributed by atoms with E-state index in [1.54, 1.807) is 0 Å². The van der Waals surface area contributed by atoms with E-state index in [4.69, 9.17) is 19.4 Å². The SMILES string of the molecule is c1ccc(-c2nc(-c3ccccc3)nc(-c3cc4c(cc3-n3c5cccc6c7ccccc7c7c8ccccc8cc3c7c65)oc3ccccc34)n2)cc1. The summed E-state index contributed by atoms with van der Waals surface area (Å²) in [7, 11) is 0. The number of furan rings is 1. The van der Waals surface area contributed by atoms with Crippen LogP contribution in [0.5, 0.6) is 0 Å². The Hall–Kier alpha value is -7.37. The molecule has 0 aliphatic carbocycles. The summed E-state index contributed by atoms with van der Waals surface area (Å²) in [5.41, 5.74) is 7.57. The molecule has 0 aliphatic rings. The van der Waals surface area contributed by atoms with Crippen molar-refractivity contribution in [2.75, 3.05) is 0 Å². The summed E-state index contributed by atoms with van der Waals surface area (Å²) in [5, 5.41) is 12.0. The van der Waals surface area contributed by atoms with Gasteiger partial charge in [0, 0.05) is 49.7 Å². The third-order valence-electron chi connectivity index (χ3n) is 11.0. The number of nitrogens with zero attached hydrogens (tertiary/aromatic N) is 4. The van der Waals surface area contributed by atoms with Gasteiger partial charge in [0.25, 0.3) is 0 Å². The highest BCUT2D eigenvalue weighted by molar-refractivity contribution is 6.39. The second-order valence-corrected chi connectivity index (χ2v) is 13.9. The molecule has 0 amide bonds. The van der Waals surface area contributed by atoms with Crippen molar-refractivity contribution in [1.82, 2.24) is 19.5 Å². The van der Waals surface area contributed by atoms with Gasteiger partial charge in [-0.05, 0) is 51.2 Å². The smallest absolute Gasteiger partial charge is 0.166 e. The van der Waals surface area contributed by atoms with Crippen molar-refractivity contribution >= 4 is 76.1 Å². The lowest BCUT2D eigenvalue weighted by Crippen LogP contribution is -2.03. The van der Waals surface area contributed by atoms with Crippen LogP contribution in [0.25, 0.3) is 116 Å². The maximum Gasteiger partial charge on any atom is 0.166 e. The van der Waals surface area contributed by atoms with E-state index < -0.39 is 0 Å². The first-order chi connectivity index (χ1) is 26.8. The molecule has 0 fully saturated rings. The Morgan fingerprint density at radius 2 is 0.963 bits per heavy atom. The fourth-order valence-electron chi connectivity index (χ4n) is 8.63. The Morgan fingerprint density at radius 3 is 1.72 bits per heavy atom. The second-order valence-electron chi connectivity index (χ2n) is 13.9. The van der Waals surface area contributed by atoms with Crippen LogP contribution in [-0.2, 0) is 0 Å². The third-order valence-corrected chi connectivity index (χ3v) is 11.0. The number of hydrogen-bond donors (Lipinski definition) is 0. The molecule has 5 nitrogen and oxygen atoms in total. The summed E-state index contributed by atoms with van der Waals surface area (Å²) < 4.78 is 9.02. The van der Waals surface area contributed by atoms with Crippen molar-refractivity contribution in [2.45, 2.75) is 0 Å². The molecule has 250 valence electrons. The van der Waals surface area contributed by atoms with Crippen molar-refractivity contribution in [3.63, 3.8) is 0 Å². The van der Waals surface area contributed by atoms with Crippen LogP contribution in [0.3, 0.4) is 0 Å². The fraction of sp³-hybridized carbons (Fsp3) is 0. The van der Waals surface area contributed by atoms with E-state index >= 15 is 0 Å². The van der Waals surface area contributed by atoms with Gasteiger partial charge in [0.15, 0.2) is 17.5 Å². The van der Waals surface area contributed by atoms with Gasteiger partial charge in [-0.15, -0.1) is 0 Å². The van der Waals surface area contributed by atoms with Crippen molar-refractivity contribution in [3.8, 4) is 39.9 Å². The normalized spacial score (nSPS) is 12.1. The molecule has 3 heterocycles. The topological polar surface area (TPSA) is 56.7 Å². The monoisotopic (exact) mass is 688 g/mol. The van der Waals surface area contributed by atoms with E-state index in [-0.39, 0.29) is 0 Å². The number of para-hydroxylation sites is 1. The molecule has 3 aromatic heterocycles. The van der Waals surface area contributed by atoms with Crippen molar-refractivity contribution in [2.24, 2.45) is 0 Å². The van der Waals surface area contributed by atoms with Gasteiger partial charge in [-0.2, -0.15) is 0 Å². The zero-order valence-electron chi connectivity index (χ0n) is 28.9. The van der Waals surface area contributed by atoms with Crippen molar-refractivity contribution in [1.29, 1.82) is 0 Å². The Bertz CT molecular complexity index is 3370. The van der Waals surface area contributed by atoms with Crippen LogP contribution in [0.1, 0.15) is 0 Å². The lowest BCUT2D eigenvalue weighted by Gasteiger charge is -2.15. The summed E-state index contributed by atoms with van der Waals surface area (Å²) in [6, 6.07) is 59.5. The molecule has 0 aliphatic heterocycles. The molecule has 12 rings (SSSR count). The van der Waals surface area contributed by atoms with Crippen LogP contribution >= 0.6 is 0 Å². The predicted molar refractivity (Wildman–Crippen MR) is 221 cm³/mol. The molecule has 5 heteroatoms. The molecule has 12 aromatic rings. The number of aromatic nitrogens is 4. The first-order valence-electron chi connectivity index (χ1n) is 18.2. The molecular weight excluding hydrogens is 661 g/mol. The summed E-state index contributed by atoms with van der Waals surface area (Å²) in [4.78, 5) is 15.6. The maximum atomic E-state index is 6.61. The van der Waals surface area contributed by atoms with Crippen LogP contribution in [0.4, 0.5) is 0 Å². The largest absolute Gasteiger partial charge is 0.456 e. The molecule has 0 saturated heterocycles. The van der Waals surface area contributed by atoms with Gasteiger partial charge >= 0.3 is 0 Å². The summed E-state index contributed by atoms with van der Waals surface area (Å²) in [6.07, 6.45) is 0. The highest BCUT2D eigenvalue weighted by Gasteiger charge is 2.25. The number of rotatable bonds is 4. The lowest BCUT2D eigenvalue weighted by atomic mass is 9.91. The van der Waals surface area contributed by atoms with E-state index in [9.17, 15) is 0 Å². The Labute approximate surface area is 308 Å². The fourth-order valence-corrected chi connectivity index (χ4v) is 8.63. The summed E-state index contributed by atoms with van der Waals surface area (Å²) >= 11 is 0. The number of benzene rings is 9. The van der Waals surface area contributed by atoms with Crippen molar-refractivity contribution < 1.29 is 4.42 Å². The Morgan fingerprint density at radius 1 is 0.370 bits per heavy atom. The van der Waals surface area contributed by atoms with Gasteiger partial charge in [0.05, 0.1) is 16.7 Å². The van der Waals surface area contributed by atoms with Crippen LogP contribution in [0, 0.1) is 0 Å². The molecule has 0 unspecified atom stereocenters. The minimum atomic E-state index is 0.593. The molecule has 0 radical (unpaired) electrons. The Kier molecular flexibility index (Phi) is 5.99. The van der Waals surface area contributed by atoms with Crippen LogP contribution in [0.15, 0.2) is 174 Å². The van der Waals surface area contributed by atoms with Crippen LogP contribution in [-0.4, -0.2) is 19.5 Å². The van der Waals surface area contributed by atoms with Gasteiger partial charge in [-0.3, -0.25) is 0 Å².